The summed E-state index contributed by atoms with van der Waals surface area (Å²) in [4.78, 5) is 4.50. The molecule has 2 aromatic carbocycles. The van der Waals surface area contributed by atoms with Crippen molar-refractivity contribution in [1.82, 2.24) is 4.98 Å². The minimum absolute atomic E-state index is 1.11. The maximum absolute atomic E-state index is 4.50. The fourth-order valence-electron chi connectivity index (χ4n) is 2.20. The van der Waals surface area contributed by atoms with Crippen LogP contribution in [-0.4, -0.2) is 4.98 Å². The molecule has 0 spiro atoms. The van der Waals surface area contributed by atoms with Gasteiger partial charge < -0.3 is 0 Å². The van der Waals surface area contributed by atoms with Crippen LogP contribution in [0.1, 0.15) is 11.1 Å². The van der Waals surface area contributed by atoms with E-state index in [-0.39, 0.29) is 0 Å². The lowest BCUT2D eigenvalue weighted by Gasteiger charge is -2.05. The number of nitrogens with zero attached hydrogens (tertiary/aromatic N) is 1. The Bertz CT molecular complexity index is 683. The molecular formula is C15H13N. The van der Waals surface area contributed by atoms with Gasteiger partial charge in [0, 0.05) is 17.0 Å². The smallest absolute Gasteiger partial charge is 0.0782 e. The zero-order valence-electron chi connectivity index (χ0n) is 9.49. The van der Waals surface area contributed by atoms with Crippen LogP contribution >= 0.6 is 0 Å². The molecule has 3 aromatic rings. The average Bonchev–Trinajstić information content (AvgIpc) is 2.28. The Kier molecular flexibility index (Phi) is 1.93. The standard InChI is InChI=1S/C15H13N/c1-10-3-5-14-12(9-10)4-6-13-11(2)7-8-16-15(13)14/h3-9H,1-2H3. The number of aryl methyl sites for hydroxylation is 2. The molecule has 0 atom stereocenters. The minimum Gasteiger partial charge on any atom is -0.256 e. The van der Waals surface area contributed by atoms with Crippen molar-refractivity contribution >= 4 is 21.7 Å². The second-order valence-electron chi connectivity index (χ2n) is 4.31. The highest BCUT2D eigenvalue weighted by molar-refractivity contribution is 6.06. The largest absolute Gasteiger partial charge is 0.256 e. The van der Waals surface area contributed by atoms with Crippen molar-refractivity contribution in [3.8, 4) is 0 Å². The second kappa shape index (κ2) is 3.31. The molecule has 0 radical (unpaired) electrons. The third-order valence-corrected chi connectivity index (χ3v) is 3.10. The Labute approximate surface area is 94.7 Å². The van der Waals surface area contributed by atoms with Crippen molar-refractivity contribution in [3.05, 3.63) is 53.7 Å². The van der Waals surface area contributed by atoms with Crippen LogP contribution in [0.15, 0.2) is 42.6 Å². The molecule has 0 aliphatic heterocycles. The van der Waals surface area contributed by atoms with Gasteiger partial charge in [-0.15, -0.1) is 0 Å². The topological polar surface area (TPSA) is 12.9 Å². The highest BCUT2D eigenvalue weighted by atomic mass is 14.6. The van der Waals surface area contributed by atoms with Crippen LogP contribution in [0.2, 0.25) is 0 Å². The lowest BCUT2D eigenvalue weighted by molar-refractivity contribution is 1.38. The lowest BCUT2D eigenvalue weighted by Crippen LogP contribution is -1.85. The molecule has 78 valence electrons. The highest BCUT2D eigenvalue weighted by Gasteiger charge is 2.03. The van der Waals surface area contributed by atoms with Crippen molar-refractivity contribution in [2.45, 2.75) is 13.8 Å². The summed E-state index contributed by atoms with van der Waals surface area (Å²) in [6, 6.07) is 12.9. The Morgan fingerprint density at radius 2 is 1.69 bits per heavy atom. The maximum Gasteiger partial charge on any atom is 0.0782 e. The van der Waals surface area contributed by atoms with Crippen molar-refractivity contribution in [3.63, 3.8) is 0 Å². The fraction of sp³-hybridized carbons (Fsp3) is 0.133. The Morgan fingerprint density at radius 1 is 0.875 bits per heavy atom. The number of rotatable bonds is 0. The second-order valence-corrected chi connectivity index (χ2v) is 4.31. The third-order valence-electron chi connectivity index (χ3n) is 3.10. The van der Waals surface area contributed by atoms with Crippen LogP contribution < -0.4 is 0 Å². The van der Waals surface area contributed by atoms with Crippen molar-refractivity contribution in [2.24, 2.45) is 0 Å². The first-order valence-electron chi connectivity index (χ1n) is 5.50. The van der Waals surface area contributed by atoms with Gasteiger partial charge in [-0.3, -0.25) is 4.98 Å². The van der Waals surface area contributed by atoms with Crippen molar-refractivity contribution in [1.29, 1.82) is 0 Å². The summed E-state index contributed by atoms with van der Waals surface area (Å²) < 4.78 is 0. The van der Waals surface area contributed by atoms with E-state index >= 15 is 0 Å². The summed E-state index contributed by atoms with van der Waals surface area (Å²) in [5.74, 6) is 0. The van der Waals surface area contributed by atoms with Gasteiger partial charge in [-0.05, 0) is 30.9 Å². The third kappa shape index (κ3) is 1.28. The van der Waals surface area contributed by atoms with Gasteiger partial charge in [-0.2, -0.15) is 0 Å². The molecule has 0 N–H and O–H groups in total. The molecule has 0 amide bonds. The van der Waals surface area contributed by atoms with E-state index in [0.29, 0.717) is 0 Å². The molecule has 0 saturated heterocycles. The molecule has 0 fully saturated rings. The number of hydrogen-bond donors (Lipinski definition) is 0. The molecule has 3 rings (SSSR count). The van der Waals surface area contributed by atoms with Crippen LogP contribution in [0.5, 0.6) is 0 Å². The zero-order valence-corrected chi connectivity index (χ0v) is 9.49. The first-order chi connectivity index (χ1) is 7.75. The van der Waals surface area contributed by atoms with Crippen LogP contribution in [0.4, 0.5) is 0 Å². The molecule has 1 nitrogen and oxygen atoms in total. The van der Waals surface area contributed by atoms with E-state index in [2.05, 4.69) is 55.2 Å². The quantitative estimate of drug-likeness (QED) is 0.508. The van der Waals surface area contributed by atoms with Crippen LogP contribution in [0.3, 0.4) is 0 Å². The normalized spacial score (nSPS) is 11.1. The lowest BCUT2D eigenvalue weighted by atomic mass is 10.0. The molecule has 1 heterocycles. The summed E-state index contributed by atoms with van der Waals surface area (Å²) in [5, 5.41) is 3.76. The monoisotopic (exact) mass is 207 g/mol. The predicted octanol–water partition coefficient (Wildman–Crippen LogP) is 4.00. The molecule has 1 heteroatoms. The number of benzene rings is 2. The summed E-state index contributed by atoms with van der Waals surface area (Å²) in [6.45, 7) is 4.25. The maximum atomic E-state index is 4.50. The summed E-state index contributed by atoms with van der Waals surface area (Å²) >= 11 is 0. The molecule has 0 unspecified atom stereocenters. The van der Waals surface area contributed by atoms with Crippen LogP contribution in [-0.2, 0) is 0 Å². The van der Waals surface area contributed by atoms with E-state index in [1.807, 2.05) is 6.20 Å². The molecule has 0 bridgehead atoms. The zero-order chi connectivity index (χ0) is 11.1. The SMILES string of the molecule is Cc1ccc2c(ccc3c(C)ccnc32)c1. The minimum atomic E-state index is 1.11. The van der Waals surface area contributed by atoms with Gasteiger partial charge in [0.15, 0.2) is 0 Å². The Hall–Kier alpha value is -1.89. The van der Waals surface area contributed by atoms with Gasteiger partial charge >= 0.3 is 0 Å². The Morgan fingerprint density at radius 3 is 2.56 bits per heavy atom. The van der Waals surface area contributed by atoms with Gasteiger partial charge in [-0.25, -0.2) is 0 Å². The van der Waals surface area contributed by atoms with E-state index in [0.717, 1.165) is 5.52 Å². The van der Waals surface area contributed by atoms with Crippen LogP contribution in [0.25, 0.3) is 21.7 Å². The molecule has 0 aliphatic rings. The van der Waals surface area contributed by atoms with E-state index in [4.69, 9.17) is 0 Å². The van der Waals surface area contributed by atoms with E-state index in [9.17, 15) is 0 Å². The van der Waals surface area contributed by atoms with E-state index in [1.54, 1.807) is 0 Å². The molecule has 16 heavy (non-hydrogen) atoms. The van der Waals surface area contributed by atoms with Gasteiger partial charge in [0.2, 0.25) is 0 Å². The summed E-state index contributed by atoms with van der Waals surface area (Å²) in [7, 11) is 0. The number of hydrogen-bond acceptors (Lipinski definition) is 1. The highest BCUT2D eigenvalue weighted by Crippen LogP contribution is 2.26. The number of aromatic nitrogens is 1. The van der Waals surface area contributed by atoms with E-state index in [1.165, 1.54) is 27.3 Å². The molecule has 1 aromatic heterocycles. The average molecular weight is 207 g/mol. The first-order valence-corrected chi connectivity index (χ1v) is 5.50. The first kappa shape index (κ1) is 9.34. The van der Waals surface area contributed by atoms with Crippen molar-refractivity contribution in [2.75, 3.05) is 0 Å². The molecule has 0 aliphatic carbocycles. The summed E-state index contributed by atoms with van der Waals surface area (Å²) in [5.41, 5.74) is 3.68. The van der Waals surface area contributed by atoms with Crippen LogP contribution in [0, 0.1) is 13.8 Å². The fourth-order valence-corrected chi connectivity index (χ4v) is 2.20. The summed E-state index contributed by atoms with van der Waals surface area (Å²) in [6.07, 6.45) is 1.89. The number of pyridine rings is 1. The van der Waals surface area contributed by atoms with Gasteiger partial charge in [0.05, 0.1) is 5.52 Å². The molecule has 0 saturated carbocycles. The van der Waals surface area contributed by atoms with Crippen molar-refractivity contribution < 1.29 is 0 Å². The Balaban J connectivity index is 2.55. The number of fused-ring (bicyclic) bond motifs is 3. The predicted molar refractivity (Wildman–Crippen MR) is 68.7 cm³/mol. The molecular weight excluding hydrogens is 194 g/mol. The van der Waals surface area contributed by atoms with Gasteiger partial charge in [-0.1, -0.05) is 35.9 Å². The van der Waals surface area contributed by atoms with E-state index < -0.39 is 0 Å². The van der Waals surface area contributed by atoms with Gasteiger partial charge in [0.1, 0.15) is 0 Å². The van der Waals surface area contributed by atoms with Gasteiger partial charge in [0.25, 0.3) is 0 Å².